The molecule has 0 bridgehead atoms. The molecule has 15 aromatic rings. The fourth-order valence-electron chi connectivity index (χ4n) is 11.5. The summed E-state index contributed by atoms with van der Waals surface area (Å²) < 4.78 is 7.30. The molecule has 0 radical (unpaired) electrons. The van der Waals surface area contributed by atoms with Crippen LogP contribution in [0.4, 0.5) is 0 Å². The summed E-state index contributed by atoms with van der Waals surface area (Å²) in [6.07, 6.45) is 0. The molecule has 4 aromatic heterocycles. The second kappa shape index (κ2) is 13.8. The number of fused-ring (bicyclic) bond motifs is 13. The maximum Gasteiger partial charge on any atom is 0.0620 e. The van der Waals surface area contributed by atoms with E-state index >= 15 is 0 Å². The highest BCUT2D eigenvalue weighted by atomic mass is 15.0. The molecule has 3 heteroatoms. The average Bonchev–Trinajstić information content (AvgIpc) is 4.13. The van der Waals surface area contributed by atoms with Crippen LogP contribution in [0.25, 0.3) is 137 Å². The van der Waals surface area contributed by atoms with Gasteiger partial charge in [0.05, 0.1) is 44.3 Å². The molecule has 15 rings (SSSR count). The van der Waals surface area contributed by atoms with Crippen molar-refractivity contribution in [1.82, 2.24) is 13.5 Å². The Hall–Kier alpha value is -8.92. The lowest BCUT2D eigenvalue weighted by molar-refractivity contribution is 1.18. The van der Waals surface area contributed by atoms with Gasteiger partial charge in [0.15, 0.2) is 0 Å². The van der Waals surface area contributed by atoms with E-state index in [1.54, 1.807) is 0 Å². The predicted molar refractivity (Wildman–Crippen MR) is 284 cm³/mol. The largest absolute Gasteiger partial charge is 0.309 e. The van der Waals surface area contributed by atoms with Gasteiger partial charge < -0.3 is 13.5 Å². The Kier molecular flexibility index (Phi) is 7.50. The third-order valence-corrected chi connectivity index (χ3v) is 14.6. The molecule has 4 heterocycles. The SMILES string of the molecule is c1ccc2c(-n3c4ccccc4c4cc(-c5ccc(-c6ccc7c(c6)c6ccccc6n7-c6ccc(-c7ccc8c9cccc%10c%11ccccc%11n(c8c7)c%109)cc6)cc5)ccc43)cccc2c1. The Labute approximate surface area is 385 Å². The summed E-state index contributed by atoms with van der Waals surface area (Å²) in [6, 6.07) is 87.4. The van der Waals surface area contributed by atoms with Crippen LogP contribution in [0.15, 0.2) is 237 Å². The first kappa shape index (κ1) is 36.4. The van der Waals surface area contributed by atoms with E-state index in [1.165, 1.54) is 132 Å². The molecule has 0 amide bonds. The zero-order valence-electron chi connectivity index (χ0n) is 36.4. The molecule has 0 N–H and O–H groups in total. The van der Waals surface area contributed by atoms with Crippen molar-refractivity contribution >= 4 is 92.5 Å². The van der Waals surface area contributed by atoms with E-state index in [0.717, 1.165) is 5.69 Å². The molecule has 3 nitrogen and oxygen atoms in total. The van der Waals surface area contributed by atoms with Crippen LogP contribution in [0.1, 0.15) is 0 Å². The standard InChI is InChI=1S/C64H39N3/c1-2-13-48-43(11-1)12-9-22-57(48)66-59-20-7-5-16-51(59)56-38-45(31-36-62(56)66)41-25-23-40(24-26-41)44-30-35-61-55(37-44)50-15-4-6-19-58(50)65(61)47-32-27-42(28-33-47)46-29-34-52-54-18-10-17-53-49-14-3-8-21-60(49)67(64(53)54)63(52)39-46/h1-39H. The van der Waals surface area contributed by atoms with Crippen molar-refractivity contribution in [2.45, 2.75) is 0 Å². The maximum atomic E-state index is 2.46. The van der Waals surface area contributed by atoms with Crippen molar-refractivity contribution in [2.24, 2.45) is 0 Å². The smallest absolute Gasteiger partial charge is 0.0620 e. The number of aromatic nitrogens is 3. The molecule has 0 saturated heterocycles. The number of benzene rings is 11. The number of nitrogens with zero attached hydrogens (tertiary/aromatic N) is 3. The van der Waals surface area contributed by atoms with Gasteiger partial charge in [-0.1, -0.05) is 170 Å². The van der Waals surface area contributed by atoms with Gasteiger partial charge in [-0.25, -0.2) is 0 Å². The van der Waals surface area contributed by atoms with Crippen LogP contribution in [-0.2, 0) is 0 Å². The van der Waals surface area contributed by atoms with E-state index < -0.39 is 0 Å². The van der Waals surface area contributed by atoms with Gasteiger partial charge >= 0.3 is 0 Å². The van der Waals surface area contributed by atoms with Crippen molar-refractivity contribution in [3.8, 4) is 44.8 Å². The molecule has 11 aromatic carbocycles. The van der Waals surface area contributed by atoms with E-state index in [-0.39, 0.29) is 0 Å². The monoisotopic (exact) mass is 849 g/mol. The normalized spacial score (nSPS) is 12.2. The van der Waals surface area contributed by atoms with Crippen molar-refractivity contribution in [3.63, 3.8) is 0 Å². The van der Waals surface area contributed by atoms with Gasteiger partial charge in [0, 0.05) is 54.2 Å². The van der Waals surface area contributed by atoms with E-state index in [9.17, 15) is 0 Å². The highest BCUT2D eigenvalue weighted by molar-refractivity contribution is 6.23. The van der Waals surface area contributed by atoms with Gasteiger partial charge in [0.25, 0.3) is 0 Å². The molecule has 0 aliphatic heterocycles. The summed E-state index contributed by atoms with van der Waals surface area (Å²) >= 11 is 0. The number of hydrogen-bond acceptors (Lipinski definition) is 0. The van der Waals surface area contributed by atoms with Crippen LogP contribution < -0.4 is 0 Å². The lowest BCUT2D eigenvalue weighted by atomic mass is 9.98. The third-order valence-electron chi connectivity index (χ3n) is 14.6. The molecule has 0 fully saturated rings. The molecule has 0 unspecified atom stereocenters. The van der Waals surface area contributed by atoms with Crippen molar-refractivity contribution in [1.29, 1.82) is 0 Å². The number of hydrogen-bond donors (Lipinski definition) is 0. The predicted octanol–water partition coefficient (Wildman–Crippen LogP) is 17.2. The molecular formula is C64H39N3. The van der Waals surface area contributed by atoms with Gasteiger partial charge in [-0.2, -0.15) is 0 Å². The maximum absolute atomic E-state index is 2.46. The van der Waals surface area contributed by atoms with Gasteiger partial charge in [-0.3, -0.25) is 0 Å². The molecule has 0 saturated carbocycles. The summed E-state index contributed by atoms with van der Waals surface area (Å²) in [5, 5.41) is 12.7. The second-order valence-electron chi connectivity index (χ2n) is 18.1. The molecular weight excluding hydrogens is 811 g/mol. The Morgan fingerprint density at radius 2 is 0.642 bits per heavy atom. The number of para-hydroxylation sites is 4. The van der Waals surface area contributed by atoms with Gasteiger partial charge in [-0.05, 0) is 105 Å². The van der Waals surface area contributed by atoms with Crippen molar-refractivity contribution in [3.05, 3.63) is 237 Å². The highest BCUT2D eigenvalue weighted by Gasteiger charge is 2.19. The average molecular weight is 850 g/mol. The van der Waals surface area contributed by atoms with Gasteiger partial charge in [-0.15, -0.1) is 0 Å². The molecule has 0 atom stereocenters. The van der Waals surface area contributed by atoms with E-state index in [2.05, 4.69) is 250 Å². The summed E-state index contributed by atoms with van der Waals surface area (Å²) in [7, 11) is 0. The third kappa shape index (κ3) is 5.22. The summed E-state index contributed by atoms with van der Waals surface area (Å²) in [4.78, 5) is 0. The van der Waals surface area contributed by atoms with Crippen molar-refractivity contribution < 1.29 is 0 Å². The van der Waals surface area contributed by atoms with Crippen LogP contribution in [0.5, 0.6) is 0 Å². The Morgan fingerprint density at radius 1 is 0.224 bits per heavy atom. The Balaban J connectivity index is 0.776. The molecule has 0 spiro atoms. The second-order valence-corrected chi connectivity index (χ2v) is 18.1. The molecule has 0 aliphatic rings. The zero-order valence-corrected chi connectivity index (χ0v) is 36.4. The molecule has 0 aliphatic carbocycles. The first-order valence-electron chi connectivity index (χ1n) is 23.2. The van der Waals surface area contributed by atoms with Crippen LogP contribution >= 0.6 is 0 Å². The molecule has 310 valence electrons. The summed E-state index contributed by atoms with van der Waals surface area (Å²) in [6.45, 7) is 0. The fraction of sp³-hybridized carbons (Fsp3) is 0. The first-order chi connectivity index (χ1) is 33.2. The fourth-order valence-corrected chi connectivity index (χ4v) is 11.5. The van der Waals surface area contributed by atoms with Gasteiger partial charge in [0.1, 0.15) is 0 Å². The minimum atomic E-state index is 1.15. The molecule has 67 heavy (non-hydrogen) atoms. The van der Waals surface area contributed by atoms with Crippen LogP contribution in [0.2, 0.25) is 0 Å². The topological polar surface area (TPSA) is 14.3 Å². The quantitative estimate of drug-likeness (QED) is 0.164. The van der Waals surface area contributed by atoms with Crippen molar-refractivity contribution in [2.75, 3.05) is 0 Å². The summed E-state index contributed by atoms with van der Waals surface area (Å²) in [5.74, 6) is 0. The number of rotatable bonds is 5. The first-order valence-corrected chi connectivity index (χ1v) is 23.2. The lowest BCUT2D eigenvalue weighted by Crippen LogP contribution is -1.95. The zero-order chi connectivity index (χ0) is 43.7. The van der Waals surface area contributed by atoms with E-state index in [1.807, 2.05) is 0 Å². The van der Waals surface area contributed by atoms with Crippen LogP contribution in [0.3, 0.4) is 0 Å². The minimum Gasteiger partial charge on any atom is -0.309 e. The van der Waals surface area contributed by atoms with E-state index in [4.69, 9.17) is 0 Å². The Bertz CT molecular complexity index is 4480. The van der Waals surface area contributed by atoms with Gasteiger partial charge in [0.2, 0.25) is 0 Å². The van der Waals surface area contributed by atoms with Crippen LogP contribution in [0, 0.1) is 0 Å². The summed E-state index contributed by atoms with van der Waals surface area (Å²) in [5.41, 5.74) is 18.2. The Morgan fingerprint density at radius 3 is 1.30 bits per heavy atom. The van der Waals surface area contributed by atoms with Crippen LogP contribution in [-0.4, -0.2) is 13.5 Å². The minimum absolute atomic E-state index is 1.15. The van der Waals surface area contributed by atoms with E-state index in [0.29, 0.717) is 0 Å². The lowest BCUT2D eigenvalue weighted by Gasteiger charge is -2.12. The highest BCUT2D eigenvalue weighted by Crippen LogP contribution is 2.42.